The quantitative estimate of drug-likeness (QED) is 0.859. The molecular formula is C16H16FN. The predicted molar refractivity (Wildman–Crippen MR) is 71.7 cm³/mol. The third-order valence-corrected chi connectivity index (χ3v) is 3.31. The van der Waals surface area contributed by atoms with Crippen LogP contribution in [0.5, 0.6) is 0 Å². The summed E-state index contributed by atoms with van der Waals surface area (Å²) in [4.78, 5) is 0. The fraction of sp³-hybridized carbons (Fsp3) is 0.250. The fourth-order valence-electron chi connectivity index (χ4n) is 2.15. The standard InChI is InChI=1S/C16H16FN/c17-14-6-3-5-12(10-14)16-7-2-1-4-13(16)11-18-15-8-9-15/h1-7,10,15,18H,8-9,11H2. The average Bonchev–Trinajstić information content (AvgIpc) is 3.21. The van der Waals surface area contributed by atoms with Crippen LogP contribution in [0.25, 0.3) is 11.1 Å². The molecule has 2 aromatic carbocycles. The van der Waals surface area contributed by atoms with Gasteiger partial charge in [-0.1, -0.05) is 36.4 Å². The molecule has 0 amide bonds. The molecule has 1 fully saturated rings. The minimum Gasteiger partial charge on any atom is -0.310 e. The largest absolute Gasteiger partial charge is 0.310 e. The third-order valence-electron chi connectivity index (χ3n) is 3.31. The van der Waals surface area contributed by atoms with E-state index in [1.54, 1.807) is 12.1 Å². The van der Waals surface area contributed by atoms with Gasteiger partial charge in [0, 0.05) is 12.6 Å². The van der Waals surface area contributed by atoms with Gasteiger partial charge in [-0.2, -0.15) is 0 Å². The van der Waals surface area contributed by atoms with Crippen LogP contribution >= 0.6 is 0 Å². The lowest BCUT2D eigenvalue weighted by Crippen LogP contribution is -2.15. The summed E-state index contributed by atoms with van der Waals surface area (Å²) < 4.78 is 13.3. The van der Waals surface area contributed by atoms with E-state index in [-0.39, 0.29) is 5.82 Å². The van der Waals surface area contributed by atoms with Gasteiger partial charge in [0.25, 0.3) is 0 Å². The van der Waals surface area contributed by atoms with Crippen molar-refractivity contribution in [3.05, 3.63) is 59.9 Å². The molecular weight excluding hydrogens is 225 g/mol. The lowest BCUT2D eigenvalue weighted by atomic mass is 9.99. The lowest BCUT2D eigenvalue weighted by molar-refractivity contribution is 0.628. The minimum absolute atomic E-state index is 0.183. The van der Waals surface area contributed by atoms with Gasteiger partial charge in [-0.25, -0.2) is 4.39 Å². The molecule has 92 valence electrons. The summed E-state index contributed by atoms with van der Waals surface area (Å²) in [5, 5.41) is 3.50. The Morgan fingerprint density at radius 2 is 1.89 bits per heavy atom. The van der Waals surface area contributed by atoms with E-state index in [4.69, 9.17) is 0 Å². The van der Waals surface area contributed by atoms with Crippen molar-refractivity contribution in [3.8, 4) is 11.1 Å². The molecule has 0 aliphatic heterocycles. The van der Waals surface area contributed by atoms with Gasteiger partial charge >= 0.3 is 0 Å². The van der Waals surface area contributed by atoms with E-state index in [1.165, 1.54) is 24.5 Å². The Morgan fingerprint density at radius 3 is 2.67 bits per heavy atom. The maximum atomic E-state index is 13.3. The number of rotatable bonds is 4. The fourth-order valence-corrected chi connectivity index (χ4v) is 2.15. The van der Waals surface area contributed by atoms with Crippen molar-refractivity contribution < 1.29 is 4.39 Å². The van der Waals surface area contributed by atoms with Crippen LogP contribution in [0.2, 0.25) is 0 Å². The number of hydrogen-bond acceptors (Lipinski definition) is 1. The van der Waals surface area contributed by atoms with Crippen LogP contribution in [0.15, 0.2) is 48.5 Å². The van der Waals surface area contributed by atoms with Gasteiger partial charge in [0.2, 0.25) is 0 Å². The number of halogens is 1. The second-order valence-corrected chi connectivity index (χ2v) is 4.82. The first-order valence-electron chi connectivity index (χ1n) is 6.40. The van der Waals surface area contributed by atoms with Crippen LogP contribution in [-0.4, -0.2) is 6.04 Å². The van der Waals surface area contributed by atoms with Gasteiger partial charge in [0.15, 0.2) is 0 Å². The van der Waals surface area contributed by atoms with Crippen molar-refractivity contribution in [3.63, 3.8) is 0 Å². The normalized spacial score (nSPS) is 14.7. The molecule has 0 heterocycles. The van der Waals surface area contributed by atoms with E-state index in [2.05, 4.69) is 17.4 Å². The number of nitrogens with one attached hydrogen (secondary N) is 1. The predicted octanol–water partition coefficient (Wildman–Crippen LogP) is 3.74. The van der Waals surface area contributed by atoms with E-state index >= 15 is 0 Å². The van der Waals surface area contributed by atoms with Crippen LogP contribution < -0.4 is 5.32 Å². The first-order chi connectivity index (χ1) is 8.83. The molecule has 1 saturated carbocycles. The number of hydrogen-bond donors (Lipinski definition) is 1. The third kappa shape index (κ3) is 2.59. The molecule has 1 nitrogen and oxygen atoms in total. The van der Waals surface area contributed by atoms with Crippen LogP contribution in [-0.2, 0) is 6.54 Å². The van der Waals surface area contributed by atoms with E-state index in [0.717, 1.165) is 17.7 Å². The summed E-state index contributed by atoms with van der Waals surface area (Å²) in [5.74, 6) is -0.183. The Hall–Kier alpha value is -1.67. The van der Waals surface area contributed by atoms with Crippen molar-refractivity contribution in [1.29, 1.82) is 0 Å². The smallest absolute Gasteiger partial charge is 0.123 e. The SMILES string of the molecule is Fc1cccc(-c2ccccc2CNC2CC2)c1. The first-order valence-corrected chi connectivity index (χ1v) is 6.40. The zero-order chi connectivity index (χ0) is 12.4. The summed E-state index contributed by atoms with van der Waals surface area (Å²) >= 11 is 0. The topological polar surface area (TPSA) is 12.0 Å². The molecule has 0 bridgehead atoms. The summed E-state index contributed by atoms with van der Waals surface area (Å²) in [6.07, 6.45) is 2.56. The molecule has 0 saturated heterocycles. The zero-order valence-corrected chi connectivity index (χ0v) is 10.2. The Labute approximate surface area is 107 Å². The van der Waals surface area contributed by atoms with Gasteiger partial charge in [-0.05, 0) is 41.7 Å². The molecule has 1 N–H and O–H groups in total. The summed E-state index contributed by atoms with van der Waals surface area (Å²) in [5.41, 5.74) is 3.29. The average molecular weight is 241 g/mol. The van der Waals surface area contributed by atoms with Gasteiger partial charge in [-0.3, -0.25) is 0 Å². The van der Waals surface area contributed by atoms with E-state index in [0.29, 0.717) is 6.04 Å². The van der Waals surface area contributed by atoms with Crippen molar-refractivity contribution in [2.24, 2.45) is 0 Å². The molecule has 1 aliphatic rings. The molecule has 2 aromatic rings. The molecule has 1 aliphatic carbocycles. The van der Waals surface area contributed by atoms with E-state index in [9.17, 15) is 4.39 Å². The summed E-state index contributed by atoms with van der Waals surface area (Å²) in [6, 6.07) is 15.7. The van der Waals surface area contributed by atoms with Crippen molar-refractivity contribution in [2.75, 3.05) is 0 Å². The maximum absolute atomic E-state index is 13.3. The molecule has 0 atom stereocenters. The van der Waals surface area contributed by atoms with Crippen LogP contribution in [0, 0.1) is 5.82 Å². The van der Waals surface area contributed by atoms with E-state index in [1.807, 2.05) is 18.2 Å². The molecule has 2 heteroatoms. The first kappa shape index (κ1) is 11.4. The Kier molecular flexibility index (Phi) is 3.11. The number of benzene rings is 2. The highest BCUT2D eigenvalue weighted by Gasteiger charge is 2.20. The molecule has 0 aromatic heterocycles. The molecule has 18 heavy (non-hydrogen) atoms. The van der Waals surface area contributed by atoms with Crippen molar-refractivity contribution >= 4 is 0 Å². The van der Waals surface area contributed by atoms with Crippen LogP contribution in [0.1, 0.15) is 18.4 Å². The maximum Gasteiger partial charge on any atom is 0.123 e. The van der Waals surface area contributed by atoms with Crippen LogP contribution in [0.4, 0.5) is 4.39 Å². The highest BCUT2D eigenvalue weighted by Crippen LogP contribution is 2.25. The minimum atomic E-state index is -0.183. The van der Waals surface area contributed by atoms with Gasteiger partial charge in [-0.15, -0.1) is 0 Å². The zero-order valence-electron chi connectivity index (χ0n) is 10.2. The van der Waals surface area contributed by atoms with Crippen molar-refractivity contribution in [2.45, 2.75) is 25.4 Å². The van der Waals surface area contributed by atoms with Crippen molar-refractivity contribution in [1.82, 2.24) is 5.32 Å². The second-order valence-electron chi connectivity index (χ2n) is 4.82. The monoisotopic (exact) mass is 241 g/mol. The lowest BCUT2D eigenvalue weighted by Gasteiger charge is -2.10. The van der Waals surface area contributed by atoms with Gasteiger partial charge in [0.1, 0.15) is 5.82 Å². The van der Waals surface area contributed by atoms with E-state index < -0.39 is 0 Å². The summed E-state index contributed by atoms with van der Waals surface area (Å²) in [6.45, 7) is 0.858. The van der Waals surface area contributed by atoms with Crippen LogP contribution in [0.3, 0.4) is 0 Å². The Bertz CT molecular complexity index is 546. The Morgan fingerprint density at radius 1 is 1.06 bits per heavy atom. The molecule has 3 rings (SSSR count). The highest BCUT2D eigenvalue weighted by molar-refractivity contribution is 5.67. The summed E-state index contributed by atoms with van der Waals surface area (Å²) in [7, 11) is 0. The molecule has 0 unspecified atom stereocenters. The highest BCUT2D eigenvalue weighted by atomic mass is 19.1. The van der Waals surface area contributed by atoms with Gasteiger partial charge < -0.3 is 5.32 Å². The Balaban J connectivity index is 1.89. The molecule has 0 spiro atoms. The van der Waals surface area contributed by atoms with Gasteiger partial charge in [0.05, 0.1) is 0 Å². The molecule has 0 radical (unpaired) electrons. The second kappa shape index (κ2) is 4.91.